The zero-order valence-electron chi connectivity index (χ0n) is 60.5. The second-order valence-corrected chi connectivity index (χ2v) is 28.1. The van der Waals surface area contributed by atoms with Crippen molar-refractivity contribution in [2.75, 3.05) is 47.5 Å². The van der Waals surface area contributed by atoms with Crippen molar-refractivity contribution in [2.45, 2.75) is 341 Å². The Morgan fingerprint density at radius 1 is 0.348 bits per heavy atom. The van der Waals surface area contributed by atoms with Gasteiger partial charge in [0.2, 0.25) is 0 Å². The minimum atomic E-state index is -4.40. The number of unbranched alkanes of at least 4 members (excludes halogenated alkanes) is 36. The first kappa shape index (κ1) is 88.4. The Hall–Kier alpha value is -3.59. The topological polar surface area (TPSA) is 108 Å². The molecule has 0 heterocycles. The molecule has 0 radical (unpaired) electrons. The fourth-order valence-electron chi connectivity index (χ4n) is 10.7. The third-order valence-electron chi connectivity index (χ3n) is 16.5. The molecule has 92 heavy (non-hydrogen) atoms. The van der Waals surface area contributed by atoms with Crippen molar-refractivity contribution in [1.29, 1.82) is 0 Å². The van der Waals surface area contributed by atoms with Crippen LogP contribution in [0.5, 0.6) is 0 Å². The molecular weight excluding hydrogens is 1160 g/mol. The van der Waals surface area contributed by atoms with E-state index in [0.717, 1.165) is 96.3 Å². The average molecular weight is 1300 g/mol. The molecule has 0 fully saturated rings. The lowest BCUT2D eigenvalue weighted by Gasteiger charge is -2.24. The summed E-state index contributed by atoms with van der Waals surface area (Å²) in [4.78, 5) is 35.9. The highest BCUT2D eigenvalue weighted by Crippen LogP contribution is 2.43. The molecule has 0 aliphatic carbocycles. The highest BCUT2D eigenvalue weighted by Gasteiger charge is 2.27. The van der Waals surface area contributed by atoms with E-state index in [1.165, 1.54) is 205 Å². The lowest BCUT2D eigenvalue weighted by atomic mass is 10.0. The van der Waals surface area contributed by atoms with E-state index in [1.807, 2.05) is 21.1 Å². The van der Waals surface area contributed by atoms with Crippen LogP contribution in [-0.2, 0) is 32.7 Å². The molecular formula is C82H145NO8P+. The molecule has 0 saturated carbocycles. The molecule has 0 aromatic carbocycles. The van der Waals surface area contributed by atoms with Crippen molar-refractivity contribution < 1.29 is 42.1 Å². The SMILES string of the molecule is CC/C=C\C/C=C\C/C=C\C/C=C\C/C=C\C/C=C\C/C=C\C/C=C\C/C=C\CCCCCCCCCCCCCCCC(=O)OC(COC(=O)CCCCCCCCCCCCCCCCC/C=C\CCCCCCCCCC)COP(=O)(O)OCC[N+](C)(C)C. The van der Waals surface area contributed by atoms with Crippen molar-refractivity contribution in [3.05, 3.63) is 122 Å². The summed E-state index contributed by atoms with van der Waals surface area (Å²) in [5.41, 5.74) is 0. The number of nitrogens with zero attached hydrogens (tertiary/aromatic N) is 1. The van der Waals surface area contributed by atoms with Gasteiger partial charge in [0.25, 0.3) is 0 Å². The Bertz CT molecular complexity index is 1970. The summed E-state index contributed by atoms with van der Waals surface area (Å²) in [7, 11) is 1.48. The first-order valence-corrected chi connectivity index (χ1v) is 39.8. The third kappa shape index (κ3) is 75.4. The van der Waals surface area contributed by atoms with Gasteiger partial charge in [0.05, 0.1) is 27.7 Å². The van der Waals surface area contributed by atoms with Crippen LogP contribution in [0.15, 0.2) is 122 Å². The molecule has 10 heteroatoms. The summed E-state index contributed by atoms with van der Waals surface area (Å²) >= 11 is 0. The van der Waals surface area contributed by atoms with E-state index in [4.69, 9.17) is 18.5 Å². The van der Waals surface area contributed by atoms with E-state index >= 15 is 0 Å². The van der Waals surface area contributed by atoms with Crippen molar-refractivity contribution >= 4 is 19.8 Å². The van der Waals surface area contributed by atoms with Crippen molar-refractivity contribution in [2.24, 2.45) is 0 Å². The molecule has 0 aromatic heterocycles. The standard InChI is InChI=1S/C82H144NO8P/c1-6-8-10-12-14-16-18-20-22-24-26-28-30-32-34-35-36-37-38-39-40-41-42-43-44-45-46-47-49-51-53-55-57-59-61-63-65-67-69-71-73-75-82(85)91-80(79-90-92(86,87)89-77-76-83(3,4)5)78-88-81(84)74-72-70-68-66-64-62-60-58-56-54-52-50-48-33-31-29-27-25-23-21-19-17-15-13-11-9-7-2/h8,10,14,16,20,22,25-28,32,34,36-37,39-40,42-43,45-46,80H,6-7,9,11-13,15,17-19,21,23-24,29-31,33,35,38,41,44,47-79H2,1-5H3/p+1/b10-8-,16-14-,22-20-,27-25-,28-26-,34-32-,37-36-,40-39-,43-42-,46-45-. The molecule has 0 aliphatic rings. The van der Waals surface area contributed by atoms with E-state index in [2.05, 4.69) is 135 Å². The Morgan fingerprint density at radius 2 is 0.620 bits per heavy atom. The van der Waals surface area contributed by atoms with Crippen molar-refractivity contribution in [3.63, 3.8) is 0 Å². The van der Waals surface area contributed by atoms with Gasteiger partial charge in [-0.15, -0.1) is 0 Å². The van der Waals surface area contributed by atoms with Gasteiger partial charge in [-0.25, -0.2) is 4.57 Å². The molecule has 0 aromatic rings. The van der Waals surface area contributed by atoms with E-state index < -0.39 is 26.5 Å². The average Bonchev–Trinajstić information content (AvgIpc) is 2.23. The van der Waals surface area contributed by atoms with Crippen LogP contribution in [0, 0.1) is 0 Å². The molecule has 1 N–H and O–H groups in total. The number of esters is 2. The quantitative estimate of drug-likeness (QED) is 0.0211. The molecule has 530 valence electrons. The number of ether oxygens (including phenoxy) is 2. The Balaban J connectivity index is 4.02. The van der Waals surface area contributed by atoms with Crippen molar-refractivity contribution in [1.82, 2.24) is 0 Å². The highest BCUT2D eigenvalue weighted by molar-refractivity contribution is 7.47. The van der Waals surface area contributed by atoms with Crippen LogP contribution in [0.4, 0.5) is 0 Å². The maximum atomic E-state index is 12.9. The maximum absolute atomic E-state index is 12.9. The zero-order valence-corrected chi connectivity index (χ0v) is 61.4. The number of rotatable bonds is 70. The normalized spacial score (nSPS) is 13.8. The molecule has 2 unspecified atom stereocenters. The number of hydrogen-bond donors (Lipinski definition) is 1. The Labute approximate surface area is 568 Å². The second kappa shape index (κ2) is 71.7. The zero-order chi connectivity index (χ0) is 66.9. The summed E-state index contributed by atoms with van der Waals surface area (Å²) in [6.45, 7) is 4.35. The van der Waals surface area contributed by atoms with Gasteiger partial charge in [-0.3, -0.25) is 18.6 Å². The number of phosphoric ester groups is 1. The van der Waals surface area contributed by atoms with Gasteiger partial charge in [-0.2, -0.15) is 0 Å². The van der Waals surface area contributed by atoms with Crippen molar-refractivity contribution in [3.8, 4) is 0 Å². The fourth-order valence-corrected chi connectivity index (χ4v) is 11.4. The van der Waals surface area contributed by atoms with E-state index in [9.17, 15) is 19.0 Å². The van der Waals surface area contributed by atoms with Gasteiger partial charge in [0.1, 0.15) is 19.8 Å². The number of allylic oxidation sites excluding steroid dienone is 20. The van der Waals surface area contributed by atoms with Crippen LogP contribution in [0.2, 0.25) is 0 Å². The van der Waals surface area contributed by atoms with E-state index in [1.54, 1.807) is 0 Å². The molecule has 0 rings (SSSR count). The molecule has 0 bridgehead atoms. The number of likely N-dealkylation sites (N-methyl/N-ethyl adjacent to an activating group) is 1. The molecule has 2 atom stereocenters. The van der Waals surface area contributed by atoms with E-state index in [-0.39, 0.29) is 32.0 Å². The number of carbonyl (C=O) groups excluding carboxylic acids is 2. The second-order valence-electron chi connectivity index (χ2n) is 26.7. The lowest BCUT2D eigenvalue weighted by Crippen LogP contribution is -2.37. The predicted molar refractivity (Wildman–Crippen MR) is 399 cm³/mol. The van der Waals surface area contributed by atoms with Crippen LogP contribution in [0.25, 0.3) is 0 Å². The molecule has 0 amide bonds. The molecule has 0 spiro atoms. The van der Waals surface area contributed by atoms with Gasteiger partial charge in [0, 0.05) is 12.8 Å². The minimum Gasteiger partial charge on any atom is -0.462 e. The number of phosphoric acid groups is 1. The lowest BCUT2D eigenvalue weighted by molar-refractivity contribution is -0.870. The summed E-state index contributed by atoms with van der Waals surface area (Å²) in [5.74, 6) is -0.790. The van der Waals surface area contributed by atoms with Gasteiger partial charge in [0.15, 0.2) is 6.10 Å². The molecule has 9 nitrogen and oxygen atoms in total. The number of hydrogen-bond acceptors (Lipinski definition) is 7. The largest absolute Gasteiger partial charge is 0.472 e. The molecule has 0 aliphatic heterocycles. The fraction of sp³-hybridized carbons (Fsp3) is 0.732. The third-order valence-corrected chi connectivity index (χ3v) is 17.5. The van der Waals surface area contributed by atoms with Crippen LogP contribution in [0.3, 0.4) is 0 Å². The summed E-state index contributed by atoms with van der Waals surface area (Å²) < 4.78 is 34.8. The Morgan fingerprint density at radius 3 is 0.935 bits per heavy atom. The van der Waals surface area contributed by atoms with Gasteiger partial charge >= 0.3 is 19.8 Å². The van der Waals surface area contributed by atoms with Gasteiger partial charge in [-0.1, -0.05) is 334 Å². The number of carbonyl (C=O) groups is 2. The number of quaternary nitrogens is 1. The highest BCUT2D eigenvalue weighted by atomic mass is 31.2. The summed E-state index contributed by atoms with van der Waals surface area (Å²) in [6, 6.07) is 0. The van der Waals surface area contributed by atoms with Gasteiger partial charge in [-0.05, 0) is 109 Å². The van der Waals surface area contributed by atoms with Gasteiger partial charge < -0.3 is 18.9 Å². The molecule has 0 saturated heterocycles. The van der Waals surface area contributed by atoms with Crippen LogP contribution in [-0.4, -0.2) is 74.9 Å². The monoisotopic (exact) mass is 1300 g/mol. The first-order chi connectivity index (χ1) is 45.0. The smallest absolute Gasteiger partial charge is 0.462 e. The first-order valence-electron chi connectivity index (χ1n) is 38.3. The van der Waals surface area contributed by atoms with E-state index in [0.29, 0.717) is 17.4 Å². The summed E-state index contributed by atoms with van der Waals surface area (Å²) in [5, 5.41) is 0. The minimum absolute atomic E-state index is 0.0287. The predicted octanol–water partition coefficient (Wildman–Crippen LogP) is 25.4. The maximum Gasteiger partial charge on any atom is 0.472 e. The van der Waals surface area contributed by atoms with Crippen LogP contribution < -0.4 is 0 Å². The van der Waals surface area contributed by atoms with Crippen LogP contribution >= 0.6 is 7.82 Å². The Kier molecular flexibility index (Phi) is 68.9. The van der Waals surface area contributed by atoms with Crippen LogP contribution in [0.1, 0.15) is 335 Å². The summed E-state index contributed by atoms with van der Waals surface area (Å²) in [6.07, 6.45) is 103.